The number of hydrogen-bond donors (Lipinski definition) is 0. The quantitative estimate of drug-likeness (QED) is 0.683. The van der Waals surface area contributed by atoms with E-state index in [1.807, 2.05) is 0 Å². The summed E-state index contributed by atoms with van der Waals surface area (Å²) in [4.78, 5) is 2.50. The van der Waals surface area contributed by atoms with Crippen molar-refractivity contribution >= 4 is 16.6 Å². The van der Waals surface area contributed by atoms with Gasteiger partial charge in [0.15, 0.2) is 0 Å². The summed E-state index contributed by atoms with van der Waals surface area (Å²) < 4.78 is 2.23. The van der Waals surface area contributed by atoms with Crippen LogP contribution in [-0.4, -0.2) is 11.1 Å². The van der Waals surface area contributed by atoms with Crippen LogP contribution in [0.3, 0.4) is 0 Å². The number of para-hydroxylation sites is 2. The predicted octanol–water partition coefficient (Wildman–Crippen LogP) is 3.74. The van der Waals surface area contributed by atoms with Gasteiger partial charge in [-0.15, -0.1) is 0 Å². The lowest BCUT2D eigenvalue weighted by Gasteiger charge is -2.18. The Kier molecular flexibility index (Phi) is 2.56. The fourth-order valence-electron chi connectivity index (χ4n) is 3.33. The zero-order valence-corrected chi connectivity index (χ0v) is 11.7. The van der Waals surface area contributed by atoms with E-state index in [-0.39, 0.29) is 0 Å². The van der Waals surface area contributed by atoms with Crippen molar-refractivity contribution in [3.8, 4) is 0 Å². The first-order valence-electron chi connectivity index (χ1n) is 7.19. The van der Waals surface area contributed by atoms with Gasteiger partial charge in [0.1, 0.15) is 0 Å². The zero-order chi connectivity index (χ0) is 13.5. The van der Waals surface area contributed by atoms with Gasteiger partial charge in [0.25, 0.3) is 0 Å². The Labute approximate surface area is 119 Å². The molecule has 0 unspecified atom stereocenters. The number of hydrogen-bond acceptors (Lipinski definition) is 1. The minimum Gasteiger partial charge on any atom is -0.367 e. The lowest BCUT2D eigenvalue weighted by atomic mass is 10.1. The summed E-state index contributed by atoms with van der Waals surface area (Å²) in [5, 5.41) is 1.37. The molecule has 0 fully saturated rings. The molecule has 4 rings (SSSR count). The molecule has 0 amide bonds. The summed E-state index contributed by atoms with van der Waals surface area (Å²) >= 11 is 0. The monoisotopic (exact) mass is 262 g/mol. The highest BCUT2D eigenvalue weighted by atomic mass is 15.1. The van der Waals surface area contributed by atoms with Gasteiger partial charge in [-0.05, 0) is 29.7 Å². The van der Waals surface area contributed by atoms with Crippen LogP contribution in [0.15, 0.2) is 54.7 Å². The summed E-state index contributed by atoms with van der Waals surface area (Å²) in [5.41, 5.74) is 5.61. The molecule has 0 atom stereocenters. The third-order valence-corrected chi connectivity index (χ3v) is 4.32. The van der Waals surface area contributed by atoms with E-state index in [4.69, 9.17) is 0 Å². The van der Waals surface area contributed by atoms with E-state index in [0.717, 1.165) is 13.1 Å². The zero-order valence-electron chi connectivity index (χ0n) is 11.7. The fraction of sp³-hybridized carbons (Fsp3) is 0.222. The SMILES string of the molecule is Cn1cc(CN2CCc3ccccc32)c2ccccc21. The van der Waals surface area contributed by atoms with Crippen molar-refractivity contribution in [2.45, 2.75) is 13.0 Å². The summed E-state index contributed by atoms with van der Waals surface area (Å²) in [7, 11) is 2.13. The average molecular weight is 262 g/mol. The number of benzene rings is 2. The van der Waals surface area contributed by atoms with Crippen LogP contribution in [0.4, 0.5) is 5.69 Å². The molecule has 100 valence electrons. The van der Waals surface area contributed by atoms with Crippen LogP contribution in [0.2, 0.25) is 0 Å². The van der Waals surface area contributed by atoms with E-state index in [0.29, 0.717) is 0 Å². The molecule has 0 aliphatic carbocycles. The molecule has 0 spiro atoms. The normalized spacial score (nSPS) is 13.9. The highest BCUT2D eigenvalue weighted by Crippen LogP contribution is 2.30. The average Bonchev–Trinajstić information content (AvgIpc) is 3.03. The summed E-state index contributed by atoms with van der Waals surface area (Å²) in [5.74, 6) is 0. The van der Waals surface area contributed by atoms with Crippen LogP contribution in [0.1, 0.15) is 11.1 Å². The molecule has 2 nitrogen and oxygen atoms in total. The third-order valence-electron chi connectivity index (χ3n) is 4.32. The molecule has 0 saturated heterocycles. The Morgan fingerprint density at radius 3 is 2.75 bits per heavy atom. The van der Waals surface area contributed by atoms with Crippen molar-refractivity contribution in [3.63, 3.8) is 0 Å². The maximum absolute atomic E-state index is 2.50. The second-order valence-electron chi connectivity index (χ2n) is 5.58. The Morgan fingerprint density at radius 2 is 1.80 bits per heavy atom. The van der Waals surface area contributed by atoms with Crippen molar-refractivity contribution in [3.05, 3.63) is 65.9 Å². The molecule has 1 aliphatic heterocycles. The second kappa shape index (κ2) is 4.41. The molecule has 0 saturated carbocycles. The fourth-order valence-corrected chi connectivity index (χ4v) is 3.33. The predicted molar refractivity (Wildman–Crippen MR) is 84.1 cm³/mol. The molecule has 1 aliphatic rings. The lowest BCUT2D eigenvalue weighted by molar-refractivity contribution is 0.833. The van der Waals surface area contributed by atoms with Gasteiger partial charge >= 0.3 is 0 Å². The largest absolute Gasteiger partial charge is 0.367 e. The number of anilines is 1. The van der Waals surface area contributed by atoms with Crippen molar-refractivity contribution in [1.82, 2.24) is 4.57 Å². The number of aryl methyl sites for hydroxylation is 1. The van der Waals surface area contributed by atoms with Crippen molar-refractivity contribution in [2.75, 3.05) is 11.4 Å². The first kappa shape index (κ1) is 11.6. The van der Waals surface area contributed by atoms with Crippen molar-refractivity contribution in [2.24, 2.45) is 7.05 Å². The molecular formula is C18H18N2. The molecule has 1 aromatic heterocycles. The Bertz CT molecular complexity index is 770. The number of rotatable bonds is 2. The van der Waals surface area contributed by atoms with E-state index >= 15 is 0 Å². The van der Waals surface area contributed by atoms with Crippen LogP contribution >= 0.6 is 0 Å². The summed E-state index contributed by atoms with van der Waals surface area (Å²) in [6.45, 7) is 2.13. The maximum Gasteiger partial charge on any atom is 0.0481 e. The van der Waals surface area contributed by atoms with Gasteiger partial charge < -0.3 is 9.47 Å². The number of fused-ring (bicyclic) bond motifs is 2. The van der Waals surface area contributed by atoms with Crippen LogP contribution in [0.25, 0.3) is 10.9 Å². The standard InChI is InChI=1S/C18H18N2/c1-19-12-15(16-7-3-5-9-18(16)19)13-20-11-10-14-6-2-4-8-17(14)20/h2-9,12H,10-11,13H2,1H3. The van der Waals surface area contributed by atoms with Gasteiger partial charge in [-0.3, -0.25) is 0 Å². The smallest absolute Gasteiger partial charge is 0.0481 e. The van der Waals surface area contributed by atoms with E-state index in [9.17, 15) is 0 Å². The van der Waals surface area contributed by atoms with E-state index < -0.39 is 0 Å². The molecule has 0 bridgehead atoms. The Morgan fingerprint density at radius 1 is 1.00 bits per heavy atom. The van der Waals surface area contributed by atoms with Gasteiger partial charge in [0, 0.05) is 42.9 Å². The lowest BCUT2D eigenvalue weighted by Crippen LogP contribution is -2.19. The molecular weight excluding hydrogens is 244 g/mol. The van der Waals surface area contributed by atoms with Crippen molar-refractivity contribution < 1.29 is 0 Å². The van der Waals surface area contributed by atoms with E-state index in [1.54, 1.807) is 0 Å². The first-order valence-corrected chi connectivity index (χ1v) is 7.19. The summed E-state index contributed by atoms with van der Waals surface area (Å²) in [6.07, 6.45) is 3.44. The Hall–Kier alpha value is -2.22. The van der Waals surface area contributed by atoms with Crippen LogP contribution in [0.5, 0.6) is 0 Å². The molecule has 2 aromatic carbocycles. The second-order valence-corrected chi connectivity index (χ2v) is 5.58. The molecule has 0 N–H and O–H groups in total. The van der Waals surface area contributed by atoms with Crippen LogP contribution < -0.4 is 4.90 Å². The third kappa shape index (κ3) is 1.72. The molecule has 2 heterocycles. The topological polar surface area (TPSA) is 8.17 Å². The minimum absolute atomic E-state index is 0.998. The van der Waals surface area contributed by atoms with E-state index in [1.165, 1.54) is 34.1 Å². The van der Waals surface area contributed by atoms with Crippen LogP contribution in [0, 0.1) is 0 Å². The molecule has 0 radical (unpaired) electrons. The molecule has 20 heavy (non-hydrogen) atoms. The van der Waals surface area contributed by atoms with Gasteiger partial charge in [-0.25, -0.2) is 0 Å². The van der Waals surface area contributed by atoms with Crippen LogP contribution in [-0.2, 0) is 20.0 Å². The van der Waals surface area contributed by atoms with Gasteiger partial charge in [0.05, 0.1) is 0 Å². The first-order chi connectivity index (χ1) is 9.83. The van der Waals surface area contributed by atoms with Gasteiger partial charge in [0.2, 0.25) is 0 Å². The molecule has 2 heteroatoms. The summed E-state index contributed by atoms with van der Waals surface area (Å²) in [6, 6.07) is 17.4. The van der Waals surface area contributed by atoms with Gasteiger partial charge in [-0.2, -0.15) is 0 Å². The maximum atomic E-state index is 2.50. The minimum atomic E-state index is 0.998. The van der Waals surface area contributed by atoms with E-state index in [2.05, 4.69) is 71.2 Å². The number of nitrogens with zero attached hydrogens (tertiary/aromatic N) is 2. The Balaban J connectivity index is 1.73. The molecule has 3 aromatic rings. The number of aromatic nitrogens is 1. The van der Waals surface area contributed by atoms with Gasteiger partial charge in [-0.1, -0.05) is 36.4 Å². The highest BCUT2D eigenvalue weighted by molar-refractivity contribution is 5.84. The van der Waals surface area contributed by atoms with Crippen molar-refractivity contribution in [1.29, 1.82) is 0 Å². The highest BCUT2D eigenvalue weighted by Gasteiger charge is 2.19.